The molecule has 0 aromatic rings. The summed E-state index contributed by atoms with van der Waals surface area (Å²) >= 11 is 0. The Morgan fingerprint density at radius 1 is 1.60 bits per heavy atom. The molecule has 2 bridgehead atoms. The third-order valence-electron chi connectivity index (χ3n) is 3.96. The lowest BCUT2D eigenvalue weighted by atomic mass is 9.65. The average molecular weight is 211 g/mol. The van der Waals surface area contributed by atoms with E-state index in [-0.39, 0.29) is 17.3 Å². The van der Waals surface area contributed by atoms with E-state index in [1.165, 1.54) is 0 Å². The third-order valence-corrected chi connectivity index (χ3v) is 3.96. The molecule has 0 radical (unpaired) electrons. The minimum Gasteiger partial charge on any atom is -0.411 e. The minimum atomic E-state index is -0.777. The van der Waals surface area contributed by atoms with Crippen molar-refractivity contribution in [1.82, 2.24) is 0 Å². The predicted octanol–water partition coefficient (Wildman–Crippen LogP) is 1.75. The van der Waals surface area contributed by atoms with E-state index in [0.717, 1.165) is 19.3 Å². The molecule has 0 amide bonds. The van der Waals surface area contributed by atoms with E-state index < -0.39 is 5.60 Å². The second kappa shape index (κ2) is 3.04. The Morgan fingerprint density at radius 3 is 2.80 bits per heavy atom. The fraction of sp³-hybridized carbons (Fsp3) is 0.818. The van der Waals surface area contributed by atoms with Gasteiger partial charge >= 0.3 is 0 Å². The van der Waals surface area contributed by atoms with Crippen molar-refractivity contribution in [3.05, 3.63) is 0 Å². The highest BCUT2D eigenvalue weighted by molar-refractivity contribution is 6.44. The van der Waals surface area contributed by atoms with Crippen molar-refractivity contribution in [1.29, 1.82) is 0 Å². The van der Waals surface area contributed by atoms with Gasteiger partial charge in [-0.1, -0.05) is 12.1 Å². The Kier molecular flexibility index (Phi) is 2.15. The van der Waals surface area contributed by atoms with Crippen LogP contribution in [0.3, 0.4) is 0 Å². The Balaban J connectivity index is 2.47. The molecule has 0 aromatic heterocycles. The third kappa shape index (κ3) is 1.24. The summed E-state index contributed by atoms with van der Waals surface area (Å²) in [5.74, 6) is -0.200. The average Bonchev–Trinajstić information content (AvgIpc) is 2.21. The van der Waals surface area contributed by atoms with Crippen LogP contribution in [0.25, 0.3) is 0 Å². The summed E-state index contributed by atoms with van der Waals surface area (Å²) in [6.07, 6.45) is 2.41. The zero-order valence-electron chi connectivity index (χ0n) is 9.41. The van der Waals surface area contributed by atoms with E-state index in [0.29, 0.717) is 5.71 Å². The van der Waals surface area contributed by atoms with Crippen molar-refractivity contribution in [3.63, 3.8) is 0 Å². The van der Waals surface area contributed by atoms with Gasteiger partial charge in [-0.25, -0.2) is 0 Å². The van der Waals surface area contributed by atoms with Crippen molar-refractivity contribution in [2.75, 3.05) is 0 Å². The van der Waals surface area contributed by atoms with Gasteiger partial charge in [0.05, 0.1) is 5.60 Å². The standard InChI is InChI=1S/C11H17NO3/c1-4-10(2)7-5-6-11(3,15-10)9(13)8(7)12-14/h7,14H,4-6H2,1-3H3. The number of ketones is 1. The minimum absolute atomic E-state index is 0.0539. The molecule has 0 spiro atoms. The van der Waals surface area contributed by atoms with Gasteiger partial charge in [-0.15, -0.1) is 0 Å². The maximum Gasteiger partial charge on any atom is 0.212 e. The largest absolute Gasteiger partial charge is 0.411 e. The van der Waals surface area contributed by atoms with Crippen LogP contribution in [0.5, 0.6) is 0 Å². The first kappa shape index (κ1) is 10.6. The number of ether oxygens (including phenoxy) is 1. The van der Waals surface area contributed by atoms with Crippen LogP contribution >= 0.6 is 0 Å². The monoisotopic (exact) mass is 211 g/mol. The highest BCUT2D eigenvalue weighted by atomic mass is 16.5. The van der Waals surface area contributed by atoms with Crippen molar-refractivity contribution < 1.29 is 14.7 Å². The van der Waals surface area contributed by atoms with Crippen LogP contribution < -0.4 is 0 Å². The summed E-state index contributed by atoms with van der Waals surface area (Å²) in [5, 5.41) is 12.1. The molecular formula is C11H17NO3. The van der Waals surface area contributed by atoms with Gasteiger partial charge in [0.25, 0.3) is 0 Å². The van der Waals surface area contributed by atoms with Gasteiger partial charge in [-0.05, 0) is 33.1 Å². The van der Waals surface area contributed by atoms with Crippen LogP contribution in [-0.4, -0.2) is 27.9 Å². The van der Waals surface area contributed by atoms with Crippen LogP contribution in [0.15, 0.2) is 5.16 Å². The molecule has 2 aliphatic heterocycles. The first-order valence-corrected chi connectivity index (χ1v) is 5.44. The van der Waals surface area contributed by atoms with Gasteiger partial charge in [0.2, 0.25) is 5.78 Å². The van der Waals surface area contributed by atoms with Crippen LogP contribution in [-0.2, 0) is 9.53 Å². The molecule has 3 aliphatic rings. The molecule has 3 fully saturated rings. The topological polar surface area (TPSA) is 58.9 Å². The molecule has 15 heavy (non-hydrogen) atoms. The molecule has 0 aromatic carbocycles. The lowest BCUT2D eigenvalue weighted by Crippen LogP contribution is -2.65. The van der Waals surface area contributed by atoms with Gasteiger partial charge in [0.15, 0.2) is 0 Å². The summed E-state index contributed by atoms with van der Waals surface area (Å²) in [7, 11) is 0. The SMILES string of the molecule is CCC1(C)OC2(C)CCC1C(=NO)C2=O. The van der Waals surface area contributed by atoms with E-state index >= 15 is 0 Å². The van der Waals surface area contributed by atoms with Crippen LogP contribution in [0, 0.1) is 5.92 Å². The lowest BCUT2D eigenvalue weighted by molar-refractivity contribution is -0.202. The number of rotatable bonds is 1. The molecule has 1 N–H and O–H groups in total. The molecule has 2 saturated heterocycles. The number of Topliss-reactive ketones (excluding diaryl/α,β-unsaturated/α-hetero) is 1. The Labute approximate surface area is 89.3 Å². The van der Waals surface area contributed by atoms with E-state index in [4.69, 9.17) is 9.94 Å². The van der Waals surface area contributed by atoms with Gasteiger partial charge in [-0.3, -0.25) is 4.79 Å². The van der Waals surface area contributed by atoms with E-state index in [1.807, 2.05) is 13.8 Å². The van der Waals surface area contributed by atoms with Crippen LogP contribution in [0.2, 0.25) is 0 Å². The Hall–Kier alpha value is -0.900. The van der Waals surface area contributed by atoms with Crippen LogP contribution in [0.4, 0.5) is 0 Å². The zero-order valence-corrected chi connectivity index (χ0v) is 9.41. The highest BCUT2D eigenvalue weighted by Crippen LogP contribution is 2.47. The normalized spacial score (nSPS) is 47.5. The molecule has 3 unspecified atom stereocenters. The van der Waals surface area contributed by atoms with Crippen molar-refractivity contribution >= 4 is 11.5 Å². The number of hydrogen-bond acceptors (Lipinski definition) is 4. The van der Waals surface area contributed by atoms with Gasteiger partial charge in [0, 0.05) is 5.92 Å². The van der Waals surface area contributed by atoms with E-state index in [9.17, 15) is 4.79 Å². The Morgan fingerprint density at radius 2 is 2.27 bits per heavy atom. The number of nitrogens with zero attached hydrogens (tertiary/aromatic N) is 1. The van der Waals surface area contributed by atoms with Gasteiger partial charge in [0.1, 0.15) is 11.3 Å². The highest BCUT2D eigenvalue weighted by Gasteiger charge is 2.58. The summed E-state index contributed by atoms with van der Waals surface area (Å²) in [4.78, 5) is 11.9. The molecule has 1 aliphatic carbocycles. The van der Waals surface area contributed by atoms with Crippen molar-refractivity contribution in [2.45, 2.75) is 51.2 Å². The van der Waals surface area contributed by atoms with E-state index in [2.05, 4.69) is 5.16 Å². The smallest absolute Gasteiger partial charge is 0.212 e. The predicted molar refractivity (Wildman–Crippen MR) is 55.1 cm³/mol. The number of hydrogen-bond donors (Lipinski definition) is 1. The van der Waals surface area contributed by atoms with Crippen molar-refractivity contribution in [2.24, 2.45) is 11.1 Å². The fourth-order valence-corrected chi connectivity index (χ4v) is 2.81. The van der Waals surface area contributed by atoms with Gasteiger partial charge < -0.3 is 9.94 Å². The summed E-state index contributed by atoms with van der Waals surface area (Å²) in [6, 6.07) is 0. The second-order valence-corrected chi connectivity index (χ2v) is 4.90. The maximum atomic E-state index is 11.9. The molecule has 2 heterocycles. The summed E-state index contributed by atoms with van der Waals surface area (Å²) in [6.45, 7) is 5.82. The second-order valence-electron chi connectivity index (χ2n) is 4.90. The first-order chi connectivity index (χ1) is 6.97. The van der Waals surface area contributed by atoms with Gasteiger partial charge in [-0.2, -0.15) is 0 Å². The molecule has 4 heteroatoms. The number of fused-ring (bicyclic) bond motifs is 3. The lowest BCUT2D eigenvalue weighted by Gasteiger charge is -2.53. The van der Waals surface area contributed by atoms with Crippen molar-refractivity contribution in [3.8, 4) is 0 Å². The molecule has 4 nitrogen and oxygen atoms in total. The first-order valence-electron chi connectivity index (χ1n) is 5.44. The molecule has 84 valence electrons. The maximum absolute atomic E-state index is 11.9. The molecule has 3 rings (SSSR count). The van der Waals surface area contributed by atoms with E-state index in [1.54, 1.807) is 6.92 Å². The quantitative estimate of drug-likeness (QED) is 0.531. The molecule has 3 atom stereocenters. The molecule has 1 saturated carbocycles. The zero-order chi connectivity index (χ0) is 11.3. The number of carbonyl (C=O) groups excluding carboxylic acids is 1. The number of oxime groups is 1. The summed E-state index contributed by atoms with van der Waals surface area (Å²) < 4.78 is 5.91. The summed E-state index contributed by atoms with van der Waals surface area (Å²) in [5.41, 5.74) is -0.830. The fourth-order valence-electron chi connectivity index (χ4n) is 2.81. The van der Waals surface area contributed by atoms with Crippen LogP contribution in [0.1, 0.15) is 40.0 Å². The number of carbonyl (C=O) groups is 1. The Bertz CT molecular complexity index is 339. The molecular weight excluding hydrogens is 194 g/mol.